The van der Waals surface area contributed by atoms with Gasteiger partial charge in [0.05, 0.1) is 0 Å². The summed E-state index contributed by atoms with van der Waals surface area (Å²) in [6.45, 7) is 4.00. The lowest BCUT2D eigenvalue weighted by Crippen LogP contribution is -1.96. The van der Waals surface area contributed by atoms with E-state index in [1.165, 1.54) is 0 Å². The average molecular weight is 125 g/mol. The van der Waals surface area contributed by atoms with Crippen molar-refractivity contribution in [2.45, 2.75) is 26.7 Å². The van der Waals surface area contributed by atoms with Crippen LogP contribution in [0.2, 0.25) is 0 Å². The van der Waals surface area contributed by atoms with Crippen molar-refractivity contribution in [1.29, 1.82) is 0 Å². The van der Waals surface area contributed by atoms with E-state index in [1.807, 2.05) is 19.9 Å². The highest BCUT2D eigenvalue weighted by molar-refractivity contribution is 5.10. The van der Waals surface area contributed by atoms with Gasteiger partial charge in [-0.1, -0.05) is 32.1 Å². The predicted octanol–water partition coefficient (Wildman–Crippen LogP) is 2.21. The van der Waals surface area contributed by atoms with E-state index in [2.05, 4.69) is 12.2 Å². The van der Waals surface area contributed by atoms with Gasteiger partial charge in [0.15, 0.2) is 0 Å². The van der Waals surface area contributed by atoms with E-state index < -0.39 is 0 Å². The van der Waals surface area contributed by atoms with Gasteiger partial charge in [-0.05, 0) is 6.42 Å². The smallest absolute Gasteiger partial charge is 0.00814 e. The second kappa shape index (κ2) is 5.42. The van der Waals surface area contributed by atoms with E-state index in [0.29, 0.717) is 0 Å². The average Bonchev–Trinajstić information content (AvgIpc) is 1.94. The standard InChI is InChI=1S/C6H9N.C2H6/c7-6-4-2-1-3-5-6;1-2/h1-2,5H,3-4,7H2;1-2H3. The summed E-state index contributed by atoms with van der Waals surface area (Å²) < 4.78 is 0. The summed E-state index contributed by atoms with van der Waals surface area (Å²) in [4.78, 5) is 0. The van der Waals surface area contributed by atoms with Gasteiger partial charge in [-0.3, -0.25) is 0 Å². The molecular formula is C8H15N. The molecule has 1 nitrogen and oxygen atoms in total. The number of nitrogens with two attached hydrogens (primary N) is 1. The van der Waals surface area contributed by atoms with Gasteiger partial charge in [-0.15, -0.1) is 0 Å². The molecule has 1 heteroatoms. The van der Waals surface area contributed by atoms with Crippen LogP contribution in [0, 0.1) is 0 Å². The fourth-order valence-electron chi connectivity index (χ4n) is 0.618. The summed E-state index contributed by atoms with van der Waals surface area (Å²) in [7, 11) is 0. The maximum atomic E-state index is 5.44. The number of allylic oxidation sites excluding steroid dienone is 3. The molecule has 0 radical (unpaired) electrons. The van der Waals surface area contributed by atoms with Crippen LogP contribution in [0.1, 0.15) is 26.7 Å². The first-order valence-electron chi connectivity index (χ1n) is 3.49. The quantitative estimate of drug-likeness (QED) is 0.493. The zero-order valence-electron chi connectivity index (χ0n) is 6.22. The lowest BCUT2D eigenvalue weighted by molar-refractivity contribution is 1.09. The van der Waals surface area contributed by atoms with Crippen molar-refractivity contribution < 1.29 is 0 Å². The van der Waals surface area contributed by atoms with Crippen molar-refractivity contribution in [3.8, 4) is 0 Å². The normalized spacial score (nSPS) is 15.6. The molecule has 0 saturated heterocycles. The number of hydrogen-bond donors (Lipinski definition) is 1. The fourth-order valence-corrected chi connectivity index (χ4v) is 0.618. The molecule has 0 aliphatic heterocycles. The van der Waals surface area contributed by atoms with E-state index in [-0.39, 0.29) is 0 Å². The van der Waals surface area contributed by atoms with Gasteiger partial charge in [0.1, 0.15) is 0 Å². The predicted molar refractivity (Wildman–Crippen MR) is 42.0 cm³/mol. The Kier molecular flexibility index (Phi) is 4.98. The second-order valence-corrected chi connectivity index (χ2v) is 1.69. The van der Waals surface area contributed by atoms with Crippen molar-refractivity contribution in [2.24, 2.45) is 5.73 Å². The zero-order valence-corrected chi connectivity index (χ0v) is 6.22. The van der Waals surface area contributed by atoms with E-state index in [1.54, 1.807) is 0 Å². The summed E-state index contributed by atoms with van der Waals surface area (Å²) >= 11 is 0. The molecule has 2 N–H and O–H groups in total. The molecule has 0 aromatic carbocycles. The van der Waals surface area contributed by atoms with Crippen molar-refractivity contribution in [2.75, 3.05) is 0 Å². The van der Waals surface area contributed by atoms with Crippen molar-refractivity contribution in [3.63, 3.8) is 0 Å². The minimum Gasteiger partial charge on any atom is -0.402 e. The third-order valence-corrected chi connectivity index (χ3v) is 1.04. The van der Waals surface area contributed by atoms with Crippen LogP contribution in [0.4, 0.5) is 0 Å². The first-order valence-corrected chi connectivity index (χ1v) is 3.49. The fraction of sp³-hybridized carbons (Fsp3) is 0.500. The summed E-state index contributed by atoms with van der Waals surface area (Å²) in [6.07, 6.45) is 8.22. The van der Waals surface area contributed by atoms with E-state index in [0.717, 1.165) is 18.5 Å². The SMILES string of the molecule is CC.NC1=CCC=CC1. The minimum absolute atomic E-state index is 0.944. The van der Waals surface area contributed by atoms with E-state index in [9.17, 15) is 0 Å². The van der Waals surface area contributed by atoms with Crippen molar-refractivity contribution in [3.05, 3.63) is 23.9 Å². The maximum Gasteiger partial charge on any atom is 0.00814 e. The van der Waals surface area contributed by atoms with Crippen LogP contribution < -0.4 is 5.73 Å². The molecule has 0 atom stereocenters. The van der Waals surface area contributed by atoms with Crippen LogP contribution >= 0.6 is 0 Å². The number of rotatable bonds is 0. The Balaban J connectivity index is 0.000000291. The molecule has 0 unspecified atom stereocenters. The molecule has 9 heavy (non-hydrogen) atoms. The molecule has 0 aromatic rings. The largest absolute Gasteiger partial charge is 0.402 e. The van der Waals surface area contributed by atoms with Crippen LogP contribution in [0.5, 0.6) is 0 Å². The van der Waals surface area contributed by atoms with E-state index >= 15 is 0 Å². The van der Waals surface area contributed by atoms with Crippen LogP contribution in [-0.2, 0) is 0 Å². The summed E-state index contributed by atoms with van der Waals surface area (Å²) in [5.74, 6) is 0. The molecule has 1 aliphatic rings. The molecule has 52 valence electrons. The maximum absolute atomic E-state index is 5.44. The molecule has 0 amide bonds. The van der Waals surface area contributed by atoms with Gasteiger partial charge in [0.2, 0.25) is 0 Å². The highest BCUT2D eigenvalue weighted by Crippen LogP contribution is 2.03. The lowest BCUT2D eigenvalue weighted by atomic mass is 10.2. The Labute approximate surface area is 57.3 Å². The molecule has 0 spiro atoms. The van der Waals surface area contributed by atoms with Crippen LogP contribution in [0.3, 0.4) is 0 Å². The molecular weight excluding hydrogens is 110 g/mol. The van der Waals surface area contributed by atoms with Gasteiger partial charge in [-0.25, -0.2) is 0 Å². The van der Waals surface area contributed by atoms with Gasteiger partial charge in [-0.2, -0.15) is 0 Å². The molecule has 0 heterocycles. The highest BCUT2D eigenvalue weighted by Gasteiger charge is 1.87. The summed E-state index contributed by atoms with van der Waals surface area (Å²) in [5.41, 5.74) is 6.45. The van der Waals surface area contributed by atoms with Gasteiger partial charge in [0.25, 0.3) is 0 Å². The third-order valence-electron chi connectivity index (χ3n) is 1.04. The van der Waals surface area contributed by atoms with Crippen molar-refractivity contribution >= 4 is 0 Å². The Hall–Kier alpha value is -0.720. The summed E-state index contributed by atoms with van der Waals surface area (Å²) in [6, 6.07) is 0. The lowest BCUT2D eigenvalue weighted by Gasteiger charge is -1.98. The molecule has 1 rings (SSSR count). The number of hydrogen-bond acceptors (Lipinski definition) is 1. The van der Waals surface area contributed by atoms with Crippen LogP contribution in [0.25, 0.3) is 0 Å². The highest BCUT2D eigenvalue weighted by atomic mass is 14.6. The summed E-state index contributed by atoms with van der Waals surface area (Å²) in [5, 5.41) is 0. The first kappa shape index (κ1) is 8.28. The Bertz CT molecular complexity index is 112. The molecule has 1 aliphatic carbocycles. The topological polar surface area (TPSA) is 26.0 Å². The van der Waals surface area contributed by atoms with Gasteiger partial charge < -0.3 is 5.73 Å². The monoisotopic (exact) mass is 125 g/mol. The Morgan fingerprint density at radius 2 is 2.00 bits per heavy atom. The van der Waals surface area contributed by atoms with Gasteiger partial charge in [0, 0.05) is 12.1 Å². The minimum atomic E-state index is 0.944. The van der Waals surface area contributed by atoms with Crippen LogP contribution in [-0.4, -0.2) is 0 Å². The van der Waals surface area contributed by atoms with Crippen molar-refractivity contribution in [1.82, 2.24) is 0 Å². The second-order valence-electron chi connectivity index (χ2n) is 1.69. The molecule has 0 saturated carbocycles. The molecule has 0 bridgehead atoms. The first-order chi connectivity index (χ1) is 4.39. The third kappa shape index (κ3) is 3.83. The Morgan fingerprint density at radius 1 is 1.33 bits per heavy atom. The zero-order chi connectivity index (χ0) is 7.11. The van der Waals surface area contributed by atoms with Gasteiger partial charge >= 0.3 is 0 Å². The van der Waals surface area contributed by atoms with E-state index in [4.69, 9.17) is 5.73 Å². The molecule has 0 fully saturated rings. The Morgan fingerprint density at radius 3 is 2.22 bits per heavy atom. The van der Waals surface area contributed by atoms with Crippen LogP contribution in [0.15, 0.2) is 23.9 Å². The molecule has 0 aromatic heterocycles.